The Bertz CT molecular complexity index is 551. The second kappa shape index (κ2) is 7.79. The Morgan fingerprint density at radius 3 is 2.52 bits per heavy atom. The molecule has 5 nitrogen and oxygen atoms in total. The number of amides is 1. The lowest BCUT2D eigenvalue weighted by molar-refractivity contribution is -0.123. The monoisotopic (exact) mass is 320 g/mol. The molecule has 0 unspecified atom stereocenters. The minimum Gasteiger partial charge on any atom is -0.490 e. The van der Waals surface area contributed by atoms with Gasteiger partial charge < -0.3 is 20.5 Å². The second-order valence-corrected chi connectivity index (χ2v) is 6.60. The average molecular weight is 320 g/mol. The summed E-state index contributed by atoms with van der Waals surface area (Å²) in [7, 11) is 0. The zero-order chi connectivity index (χ0) is 17.0. The molecule has 128 valence electrons. The standard InChI is InChI=1S/C18H28N2O3/c1-12-4-5-13(2)17(14(12)3)23-11-16(21)10-20-8-6-15(7-9-20)18(19)22/h4-5,15-16,21H,6-11H2,1-3H3,(H2,19,22)/t16-/m1/s1. The molecular formula is C18H28N2O3. The van der Waals surface area contributed by atoms with Crippen LogP contribution >= 0.6 is 0 Å². The summed E-state index contributed by atoms with van der Waals surface area (Å²) in [5.74, 6) is 0.646. The molecule has 5 heteroatoms. The maximum atomic E-state index is 11.2. The van der Waals surface area contributed by atoms with Gasteiger partial charge in [0, 0.05) is 12.5 Å². The molecule has 0 saturated carbocycles. The summed E-state index contributed by atoms with van der Waals surface area (Å²) >= 11 is 0. The minimum absolute atomic E-state index is 0.0164. The first kappa shape index (κ1) is 17.8. The number of likely N-dealkylation sites (tertiary alicyclic amines) is 1. The first-order valence-corrected chi connectivity index (χ1v) is 8.27. The fourth-order valence-corrected chi connectivity index (χ4v) is 3.08. The van der Waals surface area contributed by atoms with Crippen molar-refractivity contribution >= 4 is 5.91 Å². The summed E-state index contributed by atoms with van der Waals surface area (Å²) in [4.78, 5) is 13.3. The molecule has 1 aromatic rings. The number of piperidine rings is 1. The van der Waals surface area contributed by atoms with E-state index >= 15 is 0 Å². The zero-order valence-corrected chi connectivity index (χ0v) is 14.3. The SMILES string of the molecule is Cc1ccc(C)c(OC[C@H](O)CN2CCC(C(N)=O)CC2)c1C. The lowest BCUT2D eigenvalue weighted by Crippen LogP contribution is -2.43. The highest BCUT2D eigenvalue weighted by molar-refractivity contribution is 5.76. The summed E-state index contributed by atoms with van der Waals surface area (Å²) in [6.45, 7) is 8.55. The van der Waals surface area contributed by atoms with E-state index < -0.39 is 6.10 Å². The Hall–Kier alpha value is -1.59. The van der Waals surface area contributed by atoms with Gasteiger partial charge in [-0.05, 0) is 63.4 Å². The van der Waals surface area contributed by atoms with Crippen LogP contribution in [0.4, 0.5) is 0 Å². The molecule has 23 heavy (non-hydrogen) atoms. The molecule has 0 bridgehead atoms. The van der Waals surface area contributed by atoms with Crippen LogP contribution in [0.2, 0.25) is 0 Å². The van der Waals surface area contributed by atoms with Crippen LogP contribution in [0.3, 0.4) is 0 Å². The number of ether oxygens (including phenoxy) is 1. The van der Waals surface area contributed by atoms with Gasteiger partial charge in [-0.2, -0.15) is 0 Å². The van der Waals surface area contributed by atoms with Gasteiger partial charge >= 0.3 is 0 Å². The highest BCUT2D eigenvalue weighted by atomic mass is 16.5. The van der Waals surface area contributed by atoms with Crippen LogP contribution in [-0.4, -0.2) is 48.3 Å². The Morgan fingerprint density at radius 1 is 1.30 bits per heavy atom. The molecule has 0 radical (unpaired) electrons. The van der Waals surface area contributed by atoms with Gasteiger partial charge in [0.15, 0.2) is 0 Å². The van der Waals surface area contributed by atoms with Gasteiger partial charge in [-0.1, -0.05) is 12.1 Å². The van der Waals surface area contributed by atoms with E-state index in [0.29, 0.717) is 6.54 Å². The summed E-state index contributed by atoms with van der Waals surface area (Å²) in [5.41, 5.74) is 8.74. The van der Waals surface area contributed by atoms with Crippen molar-refractivity contribution in [1.29, 1.82) is 0 Å². The molecule has 1 aliphatic rings. The van der Waals surface area contributed by atoms with E-state index in [2.05, 4.69) is 17.9 Å². The maximum absolute atomic E-state index is 11.2. The molecule has 1 aromatic carbocycles. The number of nitrogens with two attached hydrogens (primary N) is 1. The Morgan fingerprint density at radius 2 is 1.91 bits per heavy atom. The molecule has 0 aromatic heterocycles. The van der Waals surface area contributed by atoms with Crippen molar-refractivity contribution in [3.63, 3.8) is 0 Å². The minimum atomic E-state index is -0.542. The number of rotatable bonds is 6. The molecule has 3 N–H and O–H groups in total. The van der Waals surface area contributed by atoms with E-state index in [0.717, 1.165) is 42.8 Å². The lowest BCUT2D eigenvalue weighted by Gasteiger charge is -2.31. The lowest BCUT2D eigenvalue weighted by atomic mass is 9.96. The largest absolute Gasteiger partial charge is 0.490 e. The van der Waals surface area contributed by atoms with Gasteiger partial charge in [0.05, 0.1) is 0 Å². The number of β-amino-alcohol motifs (C(OH)–C–C–N with tert-alkyl or cyclic N) is 1. The first-order chi connectivity index (χ1) is 10.9. The number of benzene rings is 1. The van der Waals surface area contributed by atoms with Crippen molar-refractivity contribution in [2.75, 3.05) is 26.2 Å². The van der Waals surface area contributed by atoms with E-state index in [-0.39, 0.29) is 18.4 Å². The van der Waals surface area contributed by atoms with Crippen LogP contribution in [-0.2, 0) is 4.79 Å². The predicted octanol–water partition coefficient (Wildman–Crippen LogP) is 1.55. The van der Waals surface area contributed by atoms with Crippen molar-refractivity contribution in [1.82, 2.24) is 4.90 Å². The number of primary amides is 1. The molecule has 2 rings (SSSR count). The Balaban J connectivity index is 1.81. The Kier molecular flexibility index (Phi) is 6.02. The number of nitrogens with zero attached hydrogens (tertiary/aromatic N) is 1. The van der Waals surface area contributed by atoms with Crippen LogP contribution in [0.5, 0.6) is 5.75 Å². The normalized spacial score (nSPS) is 17.9. The number of aliphatic hydroxyl groups is 1. The van der Waals surface area contributed by atoms with Gasteiger partial charge in [-0.3, -0.25) is 4.79 Å². The number of hydrogen-bond acceptors (Lipinski definition) is 4. The summed E-state index contributed by atoms with van der Waals surface area (Å²) in [6.07, 6.45) is 1.01. The molecule has 0 spiro atoms. The van der Waals surface area contributed by atoms with Crippen molar-refractivity contribution in [3.8, 4) is 5.75 Å². The van der Waals surface area contributed by atoms with E-state index in [1.807, 2.05) is 19.9 Å². The van der Waals surface area contributed by atoms with Crippen molar-refractivity contribution in [2.45, 2.75) is 39.7 Å². The van der Waals surface area contributed by atoms with Crippen molar-refractivity contribution in [3.05, 3.63) is 28.8 Å². The summed E-state index contributed by atoms with van der Waals surface area (Å²) in [6, 6.07) is 4.12. The van der Waals surface area contributed by atoms with Crippen LogP contribution in [0.25, 0.3) is 0 Å². The second-order valence-electron chi connectivity index (χ2n) is 6.60. The first-order valence-electron chi connectivity index (χ1n) is 8.27. The molecule has 1 atom stereocenters. The fourth-order valence-electron chi connectivity index (χ4n) is 3.08. The summed E-state index contributed by atoms with van der Waals surface area (Å²) < 4.78 is 5.86. The topological polar surface area (TPSA) is 75.8 Å². The van der Waals surface area contributed by atoms with E-state index in [1.165, 1.54) is 5.56 Å². The smallest absolute Gasteiger partial charge is 0.220 e. The van der Waals surface area contributed by atoms with Crippen molar-refractivity contribution in [2.24, 2.45) is 11.7 Å². The number of carbonyl (C=O) groups excluding carboxylic acids is 1. The van der Waals surface area contributed by atoms with Crippen LogP contribution in [0.15, 0.2) is 12.1 Å². The average Bonchev–Trinajstić information content (AvgIpc) is 2.51. The zero-order valence-electron chi connectivity index (χ0n) is 14.3. The molecule has 1 fully saturated rings. The molecule has 1 aliphatic heterocycles. The van der Waals surface area contributed by atoms with E-state index in [9.17, 15) is 9.90 Å². The van der Waals surface area contributed by atoms with E-state index in [4.69, 9.17) is 10.5 Å². The molecule has 1 saturated heterocycles. The molecular weight excluding hydrogens is 292 g/mol. The van der Waals surface area contributed by atoms with Gasteiger partial charge in [0.1, 0.15) is 18.5 Å². The predicted molar refractivity (Wildman–Crippen MR) is 90.5 cm³/mol. The number of aliphatic hydroxyl groups excluding tert-OH is 1. The van der Waals surface area contributed by atoms with Gasteiger partial charge in [0.25, 0.3) is 0 Å². The van der Waals surface area contributed by atoms with Crippen LogP contribution < -0.4 is 10.5 Å². The third-order valence-electron chi connectivity index (χ3n) is 4.75. The van der Waals surface area contributed by atoms with Gasteiger partial charge in [-0.25, -0.2) is 0 Å². The highest BCUT2D eigenvalue weighted by Gasteiger charge is 2.24. The maximum Gasteiger partial charge on any atom is 0.220 e. The number of hydrogen-bond donors (Lipinski definition) is 2. The third kappa shape index (κ3) is 4.69. The van der Waals surface area contributed by atoms with Crippen LogP contribution in [0, 0.1) is 26.7 Å². The summed E-state index contributed by atoms with van der Waals surface area (Å²) in [5, 5.41) is 10.2. The molecule has 1 heterocycles. The molecule has 1 amide bonds. The van der Waals surface area contributed by atoms with Gasteiger partial charge in [0.2, 0.25) is 5.91 Å². The fraction of sp³-hybridized carbons (Fsp3) is 0.611. The molecule has 0 aliphatic carbocycles. The Labute approximate surface area is 138 Å². The van der Waals surface area contributed by atoms with Crippen LogP contribution in [0.1, 0.15) is 29.5 Å². The number of carbonyl (C=O) groups is 1. The van der Waals surface area contributed by atoms with Gasteiger partial charge in [-0.15, -0.1) is 0 Å². The third-order valence-corrected chi connectivity index (χ3v) is 4.75. The number of aryl methyl sites for hydroxylation is 2. The van der Waals surface area contributed by atoms with E-state index in [1.54, 1.807) is 0 Å². The quantitative estimate of drug-likeness (QED) is 0.834. The highest BCUT2D eigenvalue weighted by Crippen LogP contribution is 2.26. The van der Waals surface area contributed by atoms with Crippen molar-refractivity contribution < 1.29 is 14.6 Å².